The second-order valence-corrected chi connectivity index (χ2v) is 14.1. The van der Waals surface area contributed by atoms with Gasteiger partial charge in [-0.25, -0.2) is 18.4 Å². The van der Waals surface area contributed by atoms with Crippen LogP contribution in [0.1, 0.15) is 58.4 Å². The average molecular weight is 605 g/mol. The number of anilines is 1. The van der Waals surface area contributed by atoms with Gasteiger partial charge in [0.05, 0.1) is 29.5 Å². The van der Waals surface area contributed by atoms with Crippen LogP contribution >= 0.6 is 11.3 Å². The lowest BCUT2D eigenvalue weighted by molar-refractivity contribution is 0.0562. The van der Waals surface area contributed by atoms with E-state index in [0.717, 1.165) is 45.9 Å². The minimum Gasteiger partial charge on any atom is -0.382 e. The van der Waals surface area contributed by atoms with Gasteiger partial charge in [0.1, 0.15) is 15.7 Å². The smallest absolute Gasteiger partial charge is 0.276 e. The molecule has 13 nitrogen and oxygen atoms in total. The van der Waals surface area contributed by atoms with Crippen molar-refractivity contribution in [3.05, 3.63) is 52.7 Å². The van der Waals surface area contributed by atoms with E-state index in [4.69, 9.17) is 10.7 Å². The summed E-state index contributed by atoms with van der Waals surface area (Å²) in [6.07, 6.45) is 8.72. The summed E-state index contributed by atoms with van der Waals surface area (Å²) in [5, 5.41) is 15.5. The maximum atomic E-state index is 13.2. The molecule has 2 aliphatic heterocycles. The highest BCUT2D eigenvalue weighted by molar-refractivity contribution is 7.91. The molecule has 2 aliphatic rings. The molecule has 0 radical (unpaired) electrons. The molecule has 0 saturated carbocycles. The number of aromatic amines is 1. The Morgan fingerprint density at radius 2 is 1.86 bits per heavy atom. The van der Waals surface area contributed by atoms with Gasteiger partial charge in [-0.2, -0.15) is 25.0 Å². The lowest BCUT2D eigenvalue weighted by Gasteiger charge is -2.38. The van der Waals surface area contributed by atoms with Crippen LogP contribution < -0.4 is 5.73 Å². The fourth-order valence-corrected chi connectivity index (χ4v) is 8.26. The van der Waals surface area contributed by atoms with E-state index in [-0.39, 0.29) is 40.3 Å². The van der Waals surface area contributed by atoms with Crippen molar-refractivity contribution in [3.63, 3.8) is 0 Å². The van der Waals surface area contributed by atoms with Crippen molar-refractivity contribution in [2.45, 2.75) is 62.4 Å². The predicted molar refractivity (Wildman–Crippen MR) is 156 cm³/mol. The molecule has 7 heterocycles. The lowest BCUT2D eigenvalue weighted by Crippen LogP contribution is -2.46. The number of H-pyrrole nitrogens is 1. The Hall–Kier alpha value is -4.24. The maximum absolute atomic E-state index is 13.2. The van der Waals surface area contributed by atoms with E-state index in [1.54, 1.807) is 23.7 Å². The van der Waals surface area contributed by atoms with E-state index in [1.165, 1.54) is 10.7 Å². The maximum Gasteiger partial charge on any atom is 0.276 e. The predicted octanol–water partition coefficient (Wildman–Crippen LogP) is 3.19. The zero-order valence-corrected chi connectivity index (χ0v) is 24.8. The van der Waals surface area contributed by atoms with Crippen LogP contribution in [0.3, 0.4) is 0 Å². The van der Waals surface area contributed by atoms with Gasteiger partial charge in [0.15, 0.2) is 21.2 Å². The number of piperidine rings is 1. The molecule has 0 aromatic carbocycles. The highest BCUT2D eigenvalue weighted by Gasteiger charge is 2.46. The molecule has 15 heteroatoms. The number of rotatable bonds is 5. The zero-order chi connectivity index (χ0) is 29.3. The number of fused-ring (bicyclic) bond motifs is 3. The van der Waals surface area contributed by atoms with E-state index in [1.807, 2.05) is 30.9 Å². The summed E-state index contributed by atoms with van der Waals surface area (Å²) in [4.78, 5) is 30.4. The molecule has 1 unspecified atom stereocenters. The third-order valence-electron chi connectivity index (χ3n) is 8.35. The zero-order valence-electron chi connectivity index (χ0n) is 23.1. The Morgan fingerprint density at radius 3 is 2.45 bits per heavy atom. The molecule has 2 bridgehead atoms. The van der Waals surface area contributed by atoms with Gasteiger partial charge in [0.25, 0.3) is 5.91 Å². The van der Waals surface area contributed by atoms with Crippen molar-refractivity contribution < 1.29 is 13.2 Å². The lowest BCUT2D eigenvalue weighted by atomic mass is 9.87. The fraction of sp³-hybridized carbons (Fsp3) is 0.370. The van der Waals surface area contributed by atoms with Crippen LogP contribution in [0, 0.1) is 13.8 Å². The van der Waals surface area contributed by atoms with Crippen molar-refractivity contribution in [1.29, 1.82) is 0 Å². The molecule has 0 aliphatic carbocycles. The highest BCUT2D eigenvalue weighted by Crippen LogP contribution is 2.45. The summed E-state index contributed by atoms with van der Waals surface area (Å²) < 4.78 is 27.5. The van der Waals surface area contributed by atoms with E-state index >= 15 is 0 Å². The number of nitrogens with zero attached hydrogens (tertiary/aromatic N) is 8. The van der Waals surface area contributed by atoms with Crippen molar-refractivity contribution >= 4 is 38.5 Å². The molecular formula is C27H28N10O3S2. The number of carbonyl (C=O) groups is 1. The third kappa shape index (κ3) is 4.26. The molecule has 5 aromatic heterocycles. The second kappa shape index (κ2) is 9.66. The molecular weight excluding hydrogens is 576 g/mol. The van der Waals surface area contributed by atoms with Gasteiger partial charge in [0, 0.05) is 46.5 Å². The average Bonchev–Trinajstić information content (AvgIpc) is 3.75. The monoisotopic (exact) mass is 604 g/mol. The van der Waals surface area contributed by atoms with Crippen molar-refractivity contribution in [2.24, 2.45) is 0 Å². The van der Waals surface area contributed by atoms with Crippen LogP contribution in [0.15, 0.2) is 35.6 Å². The standard InChI is InChI=1S/C27H28N10O3S2/c1-13-14(2)41-26(32-13)20-7-4-15(10-29-20)19-11-31-37-24(28)23(42(3,39)40)22(33-25(19)37)16-8-17-5-6-18(9-16)36(17)27(38)21-12-30-35-34-21/h4,7,10-12,16-18H,5-6,8-9,28H2,1-3H3,(H,30,34,35)/t16?,17-,18+. The summed E-state index contributed by atoms with van der Waals surface area (Å²) in [6.45, 7) is 4.01. The molecule has 3 atom stereocenters. The first-order valence-corrected chi connectivity index (χ1v) is 16.3. The first-order chi connectivity index (χ1) is 20.1. The van der Waals surface area contributed by atoms with Gasteiger partial charge in [-0.05, 0) is 45.6 Å². The number of aromatic nitrogens is 8. The van der Waals surface area contributed by atoms with Crippen molar-refractivity contribution in [2.75, 3.05) is 12.0 Å². The summed E-state index contributed by atoms with van der Waals surface area (Å²) in [7, 11) is -3.75. The summed E-state index contributed by atoms with van der Waals surface area (Å²) >= 11 is 1.59. The van der Waals surface area contributed by atoms with E-state index < -0.39 is 9.84 Å². The molecule has 42 heavy (non-hydrogen) atoms. The van der Waals surface area contributed by atoms with E-state index in [0.29, 0.717) is 29.7 Å². The number of hydrogen-bond acceptors (Lipinski definition) is 11. The second-order valence-electron chi connectivity index (χ2n) is 11.0. The number of nitrogen functional groups attached to an aromatic ring is 1. The largest absolute Gasteiger partial charge is 0.382 e. The van der Waals surface area contributed by atoms with Crippen LogP contribution in [0.4, 0.5) is 5.82 Å². The van der Waals surface area contributed by atoms with Gasteiger partial charge < -0.3 is 10.6 Å². The van der Waals surface area contributed by atoms with Crippen LogP contribution in [-0.2, 0) is 9.84 Å². The number of carbonyl (C=O) groups excluding carboxylic acids is 1. The minimum absolute atomic E-state index is 0.00619. The SMILES string of the molecule is Cc1nc(-c2ccc(-c3cnn4c(N)c(S(C)(=O)=O)c(C5C[C@H]6CC[C@@H](C5)N6C(=O)c5cn[nH]n5)nc34)cn2)sc1C. The Kier molecular flexibility index (Phi) is 6.13. The van der Waals surface area contributed by atoms with Crippen LogP contribution in [0.25, 0.3) is 27.5 Å². The number of hydrogen-bond donors (Lipinski definition) is 2. The van der Waals surface area contributed by atoms with Crippen LogP contribution in [0.2, 0.25) is 0 Å². The van der Waals surface area contributed by atoms with E-state index in [9.17, 15) is 13.2 Å². The first-order valence-electron chi connectivity index (χ1n) is 13.6. The number of amides is 1. The Morgan fingerprint density at radius 1 is 1.10 bits per heavy atom. The summed E-state index contributed by atoms with van der Waals surface area (Å²) in [6, 6.07) is 3.71. The number of nitrogens with two attached hydrogens (primary N) is 1. The van der Waals surface area contributed by atoms with Gasteiger partial charge in [-0.15, -0.1) is 11.3 Å². The van der Waals surface area contributed by atoms with Gasteiger partial charge in [-0.1, -0.05) is 6.07 Å². The van der Waals surface area contributed by atoms with Crippen LogP contribution in [-0.4, -0.2) is 77.5 Å². The van der Waals surface area contributed by atoms with E-state index in [2.05, 4.69) is 30.5 Å². The van der Waals surface area contributed by atoms with Gasteiger partial charge in [0.2, 0.25) is 0 Å². The van der Waals surface area contributed by atoms with Crippen molar-refractivity contribution in [3.8, 4) is 21.8 Å². The molecule has 2 fully saturated rings. The quantitative estimate of drug-likeness (QED) is 0.303. The molecule has 0 spiro atoms. The number of thiazole rings is 1. The summed E-state index contributed by atoms with van der Waals surface area (Å²) in [5.41, 5.74) is 10.9. The normalized spacial score (nSPS) is 20.5. The number of pyridine rings is 1. The molecule has 1 amide bonds. The molecule has 5 aromatic rings. The van der Waals surface area contributed by atoms with Crippen molar-refractivity contribution in [1.82, 2.24) is 44.9 Å². The van der Waals surface area contributed by atoms with Crippen LogP contribution in [0.5, 0.6) is 0 Å². The number of aryl methyl sites for hydroxylation is 2. The summed E-state index contributed by atoms with van der Waals surface area (Å²) in [5.74, 6) is -0.353. The van der Waals surface area contributed by atoms with Gasteiger partial charge >= 0.3 is 0 Å². The Bertz CT molecular complexity index is 1910. The molecule has 7 rings (SSSR count). The number of sulfone groups is 1. The Balaban J connectivity index is 1.28. The highest BCUT2D eigenvalue weighted by atomic mass is 32.2. The van der Waals surface area contributed by atoms with Gasteiger partial charge in [-0.3, -0.25) is 9.78 Å². The Labute approximate surface area is 245 Å². The molecule has 3 N–H and O–H groups in total. The fourth-order valence-electron chi connectivity index (χ4n) is 6.31. The molecule has 2 saturated heterocycles. The topological polar surface area (TPSA) is 178 Å². The third-order valence-corrected chi connectivity index (χ3v) is 10.6. The minimum atomic E-state index is -3.75. The first kappa shape index (κ1) is 26.6. The molecule has 216 valence electrons. The number of nitrogens with one attached hydrogen (secondary N) is 1.